The second-order valence-corrected chi connectivity index (χ2v) is 5.49. The molecule has 1 aliphatic rings. The van der Waals surface area contributed by atoms with E-state index in [0.717, 1.165) is 18.4 Å². The first-order chi connectivity index (χ1) is 9.18. The highest BCUT2D eigenvalue weighted by molar-refractivity contribution is 5.81. The molecule has 104 valence electrons. The fourth-order valence-electron chi connectivity index (χ4n) is 2.70. The maximum absolute atomic E-state index is 12.1. The molecule has 0 bridgehead atoms. The van der Waals surface area contributed by atoms with Gasteiger partial charge in [-0.05, 0) is 18.4 Å². The lowest BCUT2D eigenvalue weighted by Gasteiger charge is -2.26. The number of nitrogens with one attached hydrogen (secondary N) is 1. The molecule has 19 heavy (non-hydrogen) atoms. The topological polar surface area (TPSA) is 49.3 Å². The molecule has 2 atom stereocenters. The molecular weight excluding hydrogens is 238 g/mol. The van der Waals surface area contributed by atoms with Crippen molar-refractivity contribution >= 4 is 5.91 Å². The Kier molecular flexibility index (Phi) is 4.97. The Morgan fingerprint density at radius 3 is 2.47 bits per heavy atom. The third-order valence-electron chi connectivity index (χ3n) is 4.02. The number of aliphatic hydroxyl groups is 1. The molecule has 0 saturated heterocycles. The Labute approximate surface area is 115 Å². The van der Waals surface area contributed by atoms with E-state index in [0.29, 0.717) is 0 Å². The number of rotatable bonds is 4. The lowest BCUT2D eigenvalue weighted by Crippen LogP contribution is -2.44. The van der Waals surface area contributed by atoms with Crippen LogP contribution in [-0.4, -0.2) is 23.2 Å². The van der Waals surface area contributed by atoms with Gasteiger partial charge in [0.1, 0.15) is 6.10 Å². The number of benzene rings is 1. The minimum absolute atomic E-state index is 0.176. The van der Waals surface area contributed by atoms with Crippen LogP contribution in [0.5, 0.6) is 0 Å². The smallest absolute Gasteiger partial charge is 0.249 e. The maximum atomic E-state index is 12.1. The van der Waals surface area contributed by atoms with Crippen LogP contribution in [-0.2, 0) is 4.79 Å². The van der Waals surface area contributed by atoms with Gasteiger partial charge in [-0.25, -0.2) is 0 Å². The molecule has 2 rings (SSSR count). The molecule has 1 aromatic rings. The predicted molar refractivity (Wildman–Crippen MR) is 75.9 cm³/mol. The highest BCUT2D eigenvalue weighted by Gasteiger charge is 2.26. The van der Waals surface area contributed by atoms with E-state index >= 15 is 0 Å². The summed E-state index contributed by atoms with van der Waals surface area (Å²) in [7, 11) is 0. The van der Waals surface area contributed by atoms with Gasteiger partial charge in [0.15, 0.2) is 0 Å². The van der Waals surface area contributed by atoms with E-state index in [1.807, 2.05) is 37.3 Å². The van der Waals surface area contributed by atoms with Crippen LogP contribution in [0.25, 0.3) is 0 Å². The molecule has 1 fully saturated rings. The lowest BCUT2D eigenvalue weighted by atomic mass is 9.92. The summed E-state index contributed by atoms with van der Waals surface area (Å²) in [5, 5.41) is 13.1. The largest absolute Gasteiger partial charge is 0.383 e. The van der Waals surface area contributed by atoms with Gasteiger partial charge in [0, 0.05) is 12.0 Å². The van der Waals surface area contributed by atoms with Crippen LogP contribution in [0, 0.1) is 0 Å². The SMILES string of the molecule is CC(c1ccccc1)C(O)C(=O)NC1CCCCC1. The first-order valence-corrected chi connectivity index (χ1v) is 7.22. The van der Waals surface area contributed by atoms with Gasteiger partial charge in [-0.1, -0.05) is 56.5 Å². The molecule has 3 heteroatoms. The number of hydrogen-bond donors (Lipinski definition) is 2. The average molecular weight is 261 g/mol. The normalized spacial score (nSPS) is 19.7. The van der Waals surface area contributed by atoms with Crippen LogP contribution in [0.3, 0.4) is 0 Å². The van der Waals surface area contributed by atoms with Crippen LogP contribution in [0.2, 0.25) is 0 Å². The molecule has 1 aliphatic carbocycles. The number of carbonyl (C=O) groups excluding carboxylic acids is 1. The number of hydrogen-bond acceptors (Lipinski definition) is 2. The summed E-state index contributed by atoms with van der Waals surface area (Å²) < 4.78 is 0. The fraction of sp³-hybridized carbons (Fsp3) is 0.562. The molecule has 1 amide bonds. The van der Waals surface area contributed by atoms with Gasteiger partial charge in [-0.2, -0.15) is 0 Å². The van der Waals surface area contributed by atoms with Crippen molar-refractivity contribution in [3.63, 3.8) is 0 Å². The molecule has 1 saturated carbocycles. The Balaban J connectivity index is 1.91. The van der Waals surface area contributed by atoms with Crippen molar-refractivity contribution in [1.82, 2.24) is 5.32 Å². The van der Waals surface area contributed by atoms with E-state index in [1.54, 1.807) is 0 Å². The van der Waals surface area contributed by atoms with Gasteiger partial charge in [-0.3, -0.25) is 4.79 Å². The lowest BCUT2D eigenvalue weighted by molar-refractivity contribution is -0.131. The van der Waals surface area contributed by atoms with Crippen LogP contribution in [0.4, 0.5) is 0 Å². The molecule has 1 aromatic carbocycles. The Bertz CT molecular complexity index is 398. The number of carbonyl (C=O) groups is 1. The Morgan fingerprint density at radius 1 is 1.21 bits per heavy atom. The highest BCUT2D eigenvalue weighted by Crippen LogP contribution is 2.21. The van der Waals surface area contributed by atoms with Crippen molar-refractivity contribution in [3.8, 4) is 0 Å². The van der Waals surface area contributed by atoms with Crippen molar-refractivity contribution in [3.05, 3.63) is 35.9 Å². The summed E-state index contributed by atoms with van der Waals surface area (Å²) in [6.45, 7) is 1.89. The average Bonchev–Trinajstić information content (AvgIpc) is 2.47. The summed E-state index contributed by atoms with van der Waals surface area (Å²) in [5.41, 5.74) is 0.994. The molecule has 0 aliphatic heterocycles. The van der Waals surface area contributed by atoms with Gasteiger partial charge in [0.05, 0.1) is 0 Å². The third kappa shape index (κ3) is 3.80. The standard InChI is InChI=1S/C16H23NO2/c1-12(13-8-4-2-5-9-13)15(18)16(19)17-14-10-6-3-7-11-14/h2,4-5,8-9,12,14-15,18H,3,6-7,10-11H2,1H3,(H,17,19). The van der Waals surface area contributed by atoms with Crippen molar-refractivity contribution < 1.29 is 9.90 Å². The third-order valence-corrected chi connectivity index (χ3v) is 4.02. The zero-order valence-corrected chi connectivity index (χ0v) is 11.5. The molecular formula is C16H23NO2. The van der Waals surface area contributed by atoms with Gasteiger partial charge < -0.3 is 10.4 Å². The predicted octanol–water partition coefficient (Wildman–Crippen LogP) is 2.60. The van der Waals surface area contributed by atoms with Crippen LogP contribution in [0.15, 0.2) is 30.3 Å². The second-order valence-electron chi connectivity index (χ2n) is 5.49. The minimum Gasteiger partial charge on any atom is -0.383 e. The minimum atomic E-state index is -0.968. The van der Waals surface area contributed by atoms with Crippen molar-refractivity contribution in [2.75, 3.05) is 0 Å². The quantitative estimate of drug-likeness (QED) is 0.875. The fourth-order valence-corrected chi connectivity index (χ4v) is 2.70. The Hall–Kier alpha value is -1.35. The van der Waals surface area contributed by atoms with Crippen molar-refractivity contribution in [2.45, 2.75) is 57.1 Å². The monoisotopic (exact) mass is 261 g/mol. The zero-order chi connectivity index (χ0) is 13.7. The molecule has 0 spiro atoms. The number of aliphatic hydroxyl groups excluding tert-OH is 1. The highest BCUT2D eigenvalue weighted by atomic mass is 16.3. The summed E-state index contributed by atoms with van der Waals surface area (Å²) in [6, 6.07) is 9.93. The molecule has 2 N–H and O–H groups in total. The van der Waals surface area contributed by atoms with E-state index in [-0.39, 0.29) is 17.9 Å². The van der Waals surface area contributed by atoms with Crippen LogP contribution < -0.4 is 5.32 Å². The summed E-state index contributed by atoms with van der Waals surface area (Å²) in [6.07, 6.45) is 4.72. The van der Waals surface area contributed by atoms with Crippen molar-refractivity contribution in [1.29, 1.82) is 0 Å². The Morgan fingerprint density at radius 2 is 1.84 bits per heavy atom. The van der Waals surface area contributed by atoms with Crippen molar-refractivity contribution in [2.24, 2.45) is 0 Å². The van der Waals surface area contributed by atoms with Crippen LogP contribution in [0.1, 0.15) is 50.5 Å². The maximum Gasteiger partial charge on any atom is 0.249 e. The van der Waals surface area contributed by atoms with Gasteiger partial charge in [0.25, 0.3) is 0 Å². The second kappa shape index (κ2) is 6.71. The van der Waals surface area contributed by atoms with Crippen LogP contribution >= 0.6 is 0 Å². The summed E-state index contributed by atoms with van der Waals surface area (Å²) in [5.74, 6) is -0.409. The first kappa shape index (κ1) is 14.1. The van der Waals surface area contributed by atoms with E-state index in [9.17, 15) is 9.90 Å². The van der Waals surface area contributed by atoms with Gasteiger partial charge >= 0.3 is 0 Å². The molecule has 3 nitrogen and oxygen atoms in total. The molecule has 2 unspecified atom stereocenters. The summed E-state index contributed by atoms with van der Waals surface area (Å²) in [4.78, 5) is 12.1. The van der Waals surface area contributed by atoms with E-state index in [2.05, 4.69) is 5.32 Å². The number of amides is 1. The van der Waals surface area contributed by atoms with E-state index in [4.69, 9.17) is 0 Å². The van der Waals surface area contributed by atoms with E-state index < -0.39 is 6.10 Å². The van der Waals surface area contributed by atoms with Gasteiger partial charge in [-0.15, -0.1) is 0 Å². The zero-order valence-electron chi connectivity index (χ0n) is 11.5. The van der Waals surface area contributed by atoms with Gasteiger partial charge in [0.2, 0.25) is 5.91 Å². The molecule has 0 aromatic heterocycles. The molecule has 0 radical (unpaired) electrons. The summed E-state index contributed by atoms with van der Waals surface area (Å²) >= 11 is 0. The van der Waals surface area contributed by atoms with E-state index in [1.165, 1.54) is 19.3 Å². The first-order valence-electron chi connectivity index (χ1n) is 7.22. The molecule has 0 heterocycles.